The summed E-state index contributed by atoms with van der Waals surface area (Å²) in [7, 11) is 0. The van der Waals surface area contributed by atoms with Gasteiger partial charge in [0.25, 0.3) is 0 Å². The normalized spacial score (nSPS) is 32.9. The molecular formula is C15H27N3O3. The summed E-state index contributed by atoms with van der Waals surface area (Å²) in [5.41, 5.74) is 5.57. The molecule has 0 bridgehead atoms. The van der Waals surface area contributed by atoms with Crippen LogP contribution < -0.4 is 5.73 Å². The fraction of sp³-hybridized carbons (Fsp3) is 0.867. The van der Waals surface area contributed by atoms with Crippen molar-refractivity contribution in [3.8, 4) is 0 Å². The van der Waals surface area contributed by atoms with E-state index in [1.807, 2.05) is 39.5 Å². The molecule has 0 aromatic carbocycles. The molecular weight excluding hydrogens is 270 g/mol. The number of hydrogen-bond acceptors (Lipinski definition) is 4. The van der Waals surface area contributed by atoms with Crippen LogP contribution in [0.5, 0.6) is 0 Å². The van der Waals surface area contributed by atoms with Crippen LogP contribution in [0.3, 0.4) is 0 Å². The predicted octanol–water partition coefficient (Wildman–Crippen LogP) is 1.19. The summed E-state index contributed by atoms with van der Waals surface area (Å²) < 4.78 is 5.38. The van der Waals surface area contributed by atoms with Crippen molar-refractivity contribution in [2.45, 2.75) is 64.8 Å². The number of amides is 2. The van der Waals surface area contributed by atoms with Crippen molar-refractivity contribution in [2.75, 3.05) is 13.1 Å². The Morgan fingerprint density at radius 1 is 1.19 bits per heavy atom. The average molecular weight is 297 g/mol. The van der Waals surface area contributed by atoms with Crippen LogP contribution in [0.4, 0.5) is 4.79 Å². The number of carbonyl (C=O) groups excluding carboxylic acids is 2. The van der Waals surface area contributed by atoms with Gasteiger partial charge in [-0.05, 0) is 41.0 Å². The van der Waals surface area contributed by atoms with Gasteiger partial charge in [0.05, 0.1) is 5.92 Å². The van der Waals surface area contributed by atoms with Crippen molar-refractivity contribution in [2.24, 2.45) is 11.7 Å². The molecule has 21 heavy (non-hydrogen) atoms. The molecule has 2 N–H and O–H groups in total. The van der Waals surface area contributed by atoms with Crippen LogP contribution in [0.25, 0.3) is 0 Å². The Labute approximate surface area is 126 Å². The lowest BCUT2D eigenvalue weighted by atomic mass is 9.92. The molecule has 4 atom stereocenters. The molecule has 2 fully saturated rings. The van der Waals surface area contributed by atoms with Gasteiger partial charge < -0.3 is 20.3 Å². The minimum atomic E-state index is -0.529. The van der Waals surface area contributed by atoms with Crippen LogP contribution in [-0.2, 0) is 9.53 Å². The monoisotopic (exact) mass is 297 g/mol. The van der Waals surface area contributed by atoms with Gasteiger partial charge >= 0.3 is 6.09 Å². The molecule has 0 saturated carbocycles. The average Bonchev–Trinajstić information content (AvgIpc) is 2.94. The zero-order chi connectivity index (χ0) is 15.9. The maximum absolute atomic E-state index is 12.5. The fourth-order valence-electron chi connectivity index (χ4n) is 2.82. The summed E-state index contributed by atoms with van der Waals surface area (Å²) >= 11 is 0. The lowest BCUT2D eigenvalue weighted by Gasteiger charge is -2.37. The topological polar surface area (TPSA) is 75.6 Å². The van der Waals surface area contributed by atoms with E-state index in [1.54, 1.807) is 4.90 Å². The van der Waals surface area contributed by atoms with Crippen molar-refractivity contribution < 1.29 is 14.3 Å². The van der Waals surface area contributed by atoms with Crippen molar-refractivity contribution in [1.29, 1.82) is 0 Å². The Kier molecular flexibility index (Phi) is 4.19. The van der Waals surface area contributed by atoms with Gasteiger partial charge in [0.15, 0.2) is 0 Å². The molecule has 2 unspecified atom stereocenters. The molecule has 6 nitrogen and oxygen atoms in total. The molecule has 2 amide bonds. The first-order valence-corrected chi connectivity index (χ1v) is 7.67. The molecule has 120 valence electrons. The SMILES string of the molecule is CC1C(C)N1C(=O)[C@@H]1CN(C(=O)OC(C)(C)C)CC[C@H]1N. The minimum absolute atomic E-state index is 0.0655. The molecule has 2 heterocycles. The fourth-order valence-corrected chi connectivity index (χ4v) is 2.82. The third-order valence-corrected chi connectivity index (χ3v) is 4.38. The molecule has 0 aliphatic carbocycles. The highest BCUT2D eigenvalue weighted by atomic mass is 16.6. The molecule has 0 aromatic heterocycles. The van der Waals surface area contributed by atoms with Crippen molar-refractivity contribution >= 4 is 12.0 Å². The Balaban J connectivity index is 1.99. The van der Waals surface area contributed by atoms with E-state index in [9.17, 15) is 9.59 Å². The van der Waals surface area contributed by atoms with E-state index >= 15 is 0 Å². The second-order valence-corrected chi connectivity index (χ2v) is 7.21. The van der Waals surface area contributed by atoms with Crippen LogP contribution in [0.1, 0.15) is 41.0 Å². The van der Waals surface area contributed by atoms with Crippen LogP contribution in [-0.4, -0.2) is 58.6 Å². The summed E-state index contributed by atoms with van der Waals surface area (Å²) in [5.74, 6) is -0.255. The number of likely N-dealkylation sites (tertiary alicyclic amines) is 1. The van der Waals surface area contributed by atoms with Gasteiger partial charge in [0.2, 0.25) is 5.91 Å². The van der Waals surface area contributed by atoms with Gasteiger partial charge in [-0.1, -0.05) is 0 Å². The molecule has 2 aliphatic rings. The van der Waals surface area contributed by atoms with E-state index in [4.69, 9.17) is 10.5 Å². The highest BCUT2D eigenvalue weighted by Gasteiger charge is 2.48. The van der Waals surface area contributed by atoms with E-state index < -0.39 is 5.60 Å². The quantitative estimate of drug-likeness (QED) is 0.738. The highest BCUT2D eigenvalue weighted by Crippen LogP contribution is 2.31. The summed E-state index contributed by atoms with van der Waals surface area (Å²) in [4.78, 5) is 28.1. The maximum Gasteiger partial charge on any atom is 0.410 e. The molecule has 0 aromatic rings. The van der Waals surface area contributed by atoms with Crippen molar-refractivity contribution in [3.05, 3.63) is 0 Å². The van der Waals surface area contributed by atoms with E-state index in [2.05, 4.69) is 0 Å². The zero-order valence-corrected chi connectivity index (χ0v) is 13.6. The van der Waals surface area contributed by atoms with Crippen molar-refractivity contribution in [3.63, 3.8) is 0 Å². The van der Waals surface area contributed by atoms with Gasteiger partial charge in [-0.15, -0.1) is 0 Å². The van der Waals surface area contributed by atoms with Gasteiger partial charge in [-0.2, -0.15) is 0 Å². The standard InChI is InChI=1S/C15H27N3O3/c1-9-10(2)18(9)13(19)11-8-17(7-6-12(11)16)14(20)21-15(3,4)5/h9-12H,6-8,16H2,1-5H3/t9?,10?,11-,12-,18?/m1/s1. The molecule has 0 spiro atoms. The van der Waals surface area contributed by atoms with Gasteiger partial charge in [0, 0.05) is 31.2 Å². The van der Waals surface area contributed by atoms with E-state index in [1.165, 1.54) is 0 Å². The lowest BCUT2D eigenvalue weighted by molar-refractivity contribution is -0.132. The first kappa shape index (κ1) is 16.1. The summed E-state index contributed by atoms with van der Waals surface area (Å²) in [5, 5.41) is 0. The third-order valence-electron chi connectivity index (χ3n) is 4.38. The lowest BCUT2D eigenvalue weighted by Crippen LogP contribution is -2.54. The Morgan fingerprint density at radius 3 is 2.24 bits per heavy atom. The number of piperidine rings is 1. The molecule has 6 heteroatoms. The minimum Gasteiger partial charge on any atom is -0.444 e. The number of ether oxygens (including phenoxy) is 1. The Bertz CT molecular complexity index is 424. The predicted molar refractivity (Wildman–Crippen MR) is 79.7 cm³/mol. The van der Waals surface area contributed by atoms with E-state index in [0.717, 1.165) is 0 Å². The number of hydrogen-bond donors (Lipinski definition) is 1. The zero-order valence-electron chi connectivity index (χ0n) is 13.6. The molecule has 2 saturated heterocycles. The highest BCUT2D eigenvalue weighted by molar-refractivity contribution is 5.83. The maximum atomic E-state index is 12.5. The van der Waals surface area contributed by atoms with Gasteiger partial charge in [-0.25, -0.2) is 4.79 Å². The second kappa shape index (κ2) is 5.48. The van der Waals surface area contributed by atoms with Crippen LogP contribution >= 0.6 is 0 Å². The Morgan fingerprint density at radius 2 is 1.76 bits per heavy atom. The molecule has 0 radical (unpaired) electrons. The molecule has 2 rings (SSSR count). The van der Waals surface area contributed by atoms with Crippen LogP contribution in [0.2, 0.25) is 0 Å². The van der Waals surface area contributed by atoms with E-state index in [0.29, 0.717) is 19.5 Å². The number of nitrogens with zero attached hydrogens (tertiary/aromatic N) is 2. The number of carbonyl (C=O) groups is 2. The van der Waals surface area contributed by atoms with Crippen molar-refractivity contribution in [1.82, 2.24) is 9.80 Å². The van der Waals surface area contributed by atoms with Crippen LogP contribution in [0.15, 0.2) is 0 Å². The number of nitrogens with two attached hydrogens (primary N) is 1. The first-order valence-electron chi connectivity index (χ1n) is 7.67. The summed E-state index contributed by atoms with van der Waals surface area (Å²) in [6.45, 7) is 10.5. The second-order valence-electron chi connectivity index (χ2n) is 7.21. The first-order chi connectivity index (χ1) is 9.61. The Hall–Kier alpha value is -1.30. The van der Waals surface area contributed by atoms with Gasteiger partial charge in [-0.3, -0.25) is 4.79 Å². The largest absolute Gasteiger partial charge is 0.444 e. The van der Waals surface area contributed by atoms with Crippen LogP contribution in [0, 0.1) is 5.92 Å². The summed E-state index contributed by atoms with van der Waals surface area (Å²) in [6, 6.07) is 0.374. The smallest absolute Gasteiger partial charge is 0.410 e. The third kappa shape index (κ3) is 3.48. The van der Waals surface area contributed by atoms with E-state index in [-0.39, 0.29) is 36.0 Å². The summed E-state index contributed by atoms with van der Waals surface area (Å²) in [6.07, 6.45) is 0.269. The molecule has 2 aliphatic heterocycles. The number of rotatable bonds is 1. The van der Waals surface area contributed by atoms with Gasteiger partial charge in [0.1, 0.15) is 5.60 Å².